The molecule has 0 bridgehead atoms. The van der Waals surface area contributed by atoms with Gasteiger partial charge in [-0.3, -0.25) is 5.10 Å². The van der Waals surface area contributed by atoms with E-state index in [1.807, 2.05) is 37.3 Å². The van der Waals surface area contributed by atoms with Crippen molar-refractivity contribution in [3.05, 3.63) is 36.0 Å². The Morgan fingerprint density at radius 2 is 2.11 bits per heavy atom. The standard InChI is InChI=1S/C13H14N2O3S/c1-9-12(19-10-6-4-3-5-7-10)13(15-14-9)18-8-11(16)17-2/h3-7H,8H2,1-2H3,(H,14,15). The second-order valence-electron chi connectivity index (χ2n) is 3.76. The summed E-state index contributed by atoms with van der Waals surface area (Å²) in [5.41, 5.74) is 0.897. The highest BCUT2D eigenvalue weighted by Gasteiger charge is 2.14. The molecule has 0 radical (unpaired) electrons. The van der Waals surface area contributed by atoms with E-state index in [1.165, 1.54) is 18.9 Å². The van der Waals surface area contributed by atoms with E-state index < -0.39 is 5.97 Å². The van der Waals surface area contributed by atoms with Crippen LogP contribution in [0.5, 0.6) is 5.88 Å². The number of nitrogens with one attached hydrogen (secondary N) is 1. The predicted octanol–water partition coefficient (Wildman–Crippen LogP) is 2.42. The molecular weight excluding hydrogens is 264 g/mol. The molecule has 0 aliphatic heterocycles. The number of ether oxygens (including phenoxy) is 2. The Bertz CT molecular complexity index is 554. The van der Waals surface area contributed by atoms with E-state index in [0.29, 0.717) is 5.88 Å². The zero-order chi connectivity index (χ0) is 13.7. The van der Waals surface area contributed by atoms with Crippen molar-refractivity contribution in [3.8, 4) is 5.88 Å². The average molecular weight is 278 g/mol. The number of nitrogens with zero attached hydrogens (tertiary/aromatic N) is 1. The van der Waals surface area contributed by atoms with Gasteiger partial charge >= 0.3 is 5.97 Å². The monoisotopic (exact) mass is 278 g/mol. The SMILES string of the molecule is COC(=O)COc1n[nH]c(C)c1Sc1ccccc1. The Morgan fingerprint density at radius 1 is 1.37 bits per heavy atom. The molecule has 0 saturated carbocycles. The summed E-state index contributed by atoms with van der Waals surface area (Å²) in [5.74, 6) is -0.0203. The van der Waals surface area contributed by atoms with Gasteiger partial charge in [0.15, 0.2) is 6.61 Å². The third-order valence-electron chi connectivity index (χ3n) is 2.38. The summed E-state index contributed by atoms with van der Waals surface area (Å²) in [6.45, 7) is 1.76. The van der Waals surface area contributed by atoms with Crippen LogP contribution in [0.15, 0.2) is 40.1 Å². The van der Waals surface area contributed by atoms with Crippen LogP contribution in [0.3, 0.4) is 0 Å². The van der Waals surface area contributed by atoms with Crippen molar-refractivity contribution >= 4 is 17.7 Å². The van der Waals surface area contributed by atoms with Gasteiger partial charge in [-0.25, -0.2) is 4.79 Å². The number of carbonyl (C=O) groups is 1. The van der Waals surface area contributed by atoms with Crippen molar-refractivity contribution in [1.82, 2.24) is 10.2 Å². The molecule has 1 aromatic heterocycles. The normalized spacial score (nSPS) is 10.2. The smallest absolute Gasteiger partial charge is 0.343 e. The lowest BCUT2D eigenvalue weighted by atomic mass is 10.4. The quantitative estimate of drug-likeness (QED) is 0.851. The van der Waals surface area contributed by atoms with Crippen LogP contribution in [-0.4, -0.2) is 29.9 Å². The van der Waals surface area contributed by atoms with Gasteiger partial charge in [-0.1, -0.05) is 30.0 Å². The number of aromatic nitrogens is 2. The number of methoxy groups -OCH3 is 1. The molecule has 0 saturated heterocycles. The fourth-order valence-electron chi connectivity index (χ4n) is 1.41. The first kappa shape index (κ1) is 13.5. The molecule has 6 heteroatoms. The van der Waals surface area contributed by atoms with E-state index in [-0.39, 0.29) is 6.61 Å². The molecule has 0 spiro atoms. The van der Waals surface area contributed by atoms with Crippen molar-refractivity contribution in [2.24, 2.45) is 0 Å². The molecule has 0 unspecified atom stereocenters. The van der Waals surface area contributed by atoms with E-state index in [0.717, 1.165) is 15.5 Å². The van der Waals surface area contributed by atoms with Crippen LogP contribution in [0.25, 0.3) is 0 Å². The molecule has 5 nitrogen and oxygen atoms in total. The number of rotatable bonds is 5. The average Bonchev–Trinajstić information content (AvgIpc) is 2.78. The number of carbonyl (C=O) groups excluding carboxylic acids is 1. The first-order valence-electron chi connectivity index (χ1n) is 5.68. The van der Waals surface area contributed by atoms with E-state index >= 15 is 0 Å². The minimum Gasteiger partial charge on any atom is -0.466 e. The number of hydrogen-bond acceptors (Lipinski definition) is 5. The Labute approximate surface area is 115 Å². The number of hydrogen-bond donors (Lipinski definition) is 1. The molecule has 1 N–H and O–H groups in total. The van der Waals surface area contributed by atoms with Gasteiger partial charge in [0.1, 0.15) is 0 Å². The van der Waals surface area contributed by atoms with Crippen LogP contribution in [0.4, 0.5) is 0 Å². The lowest BCUT2D eigenvalue weighted by Gasteiger charge is -2.05. The van der Waals surface area contributed by atoms with Gasteiger partial charge in [-0.2, -0.15) is 0 Å². The Hall–Kier alpha value is -1.95. The molecule has 0 atom stereocenters. The van der Waals surface area contributed by atoms with Gasteiger partial charge in [0.2, 0.25) is 5.88 Å². The molecule has 0 fully saturated rings. The maximum absolute atomic E-state index is 11.1. The molecule has 19 heavy (non-hydrogen) atoms. The Morgan fingerprint density at radius 3 is 2.79 bits per heavy atom. The van der Waals surface area contributed by atoms with E-state index in [1.54, 1.807) is 0 Å². The Kier molecular flexibility index (Phi) is 4.46. The summed E-state index contributed by atoms with van der Waals surface area (Å²) in [6.07, 6.45) is 0. The van der Waals surface area contributed by atoms with Crippen molar-refractivity contribution in [3.63, 3.8) is 0 Å². The topological polar surface area (TPSA) is 64.2 Å². The summed E-state index contributed by atoms with van der Waals surface area (Å²) in [5, 5.41) is 6.89. The number of H-pyrrole nitrogens is 1. The van der Waals surface area contributed by atoms with E-state index in [4.69, 9.17) is 4.74 Å². The zero-order valence-electron chi connectivity index (χ0n) is 10.7. The van der Waals surface area contributed by atoms with Crippen LogP contribution < -0.4 is 4.74 Å². The van der Waals surface area contributed by atoms with Crippen LogP contribution >= 0.6 is 11.8 Å². The fraction of sp³-hybridized carbons (Fsp3) is 0.231. The van der Waals surface area contributed by atoms with Gasteiger partial charge in [0, 0.05) is 4.90 Å². The molecule has 0 amide bonds. The first-order chi connectivity index (χ1) is 9.20. The minimum atomic E-state index is -0.434. The van der Waals surface area contributed by atoms with Crippen LogP contribution in [0, 0.1) is 6.92 Å². The number of esters is 1. The van der Waals surface area contributed by atoms with Crippen molar-refractivity contribution in [2.75, 3.05) is 13.7 Å². The van der Waals surface area contributed by atoms with E-state index in [2.05, 4.69) is 14.9 Å². The molecule has 1 aromatic carbocycles. The van der Waals surface area contributed by atoms with Crippen molar-refractivity contribution < 1.29 is 14.3 Å². The largest absolute Gasteiger partial charge is 0.466 e. The highest BCUT2D eigenvalue weighted by atomic mass is 32.2. The first-order valence-corrected chi connectivity index (χ1v) is 6.50. The van der Waals surface area contributed by atoms with Crippen molar-refractivity contribution in [1.29, 1.82) is 0 Å². The lowest BCUT2D eigenvalue weighted by molar-refractivity contribution is -0.143. The van der Waals surface area contributed by atoms with Gasteiger partial charge < -0.3 is 9.47 Å². The third kappa shape index (κ3) is 3.51. The number of aryl methyl sites for hydroxylation is 1. The molecule has 0 aliphatic rings. The summed E-state index contributed by atoms with van der Waals surface area (Å²) in [4.78, 5) is 13.0. The number of benzene rings is 1. The van der Waals surface area contributed by atoms with Gasteiger partial charge in [-0.15, -0.1) is 5.10 Å². The predicted molar refractivity (Wildman–Crippen MR) is 71.4 cm³/mol. The van der Waals surface area contributed by atoms with Gasteiger partial charge in [0.05, 0.1) is 17.7 Å². The highest BCUT2D eigenvalue weighted by Crippen LogP contribution is 2.35. The second-order valence-corrected chi connectivity index (χ2v) is 4.85. The van der Waals surface area contributed by atoms with E-state index in [9.17, 15) is 4.79 Å². The molecule has 2 aromatic rings. The molecular formula is C13H14N2O3S. The summed E-state index contributed by atoms with van der Waals surface area (Å²) >= 11 is 1.54. The molecule has 1 heterocycles. The molecule has 2 rings (SSSR count). The zero-order valence-corrected chi connectivity index (χ0v) is 11.5. The highest BCUT2D eigenvalue weighted by molar-refractivity contribution is 7.99. The lowest BCUT2D eigenvalue weighted by Crippen LogP contribution is -2.13. The minimum absolute atomic E-state index is 0.150. The van der Waals surface area contributed by atoms with Crippen LogP contribution in [-0.2, 0) is 9.53 Å². The van der Waals surface area contributed by atoms with Crippen LogP contribution in [0.2, 0.25) is 0 Å². The summed E-state index contributed by atoms with van der Waals surface area (Å²) < 4.78 is 9.87. The molecule has 0 aliphatic carbocycles. The summed E-state index contributed by atoms with van der Waals surface area (Å²) in [6, 6.07) is 9.89. The van der Waals surface area contributed by atoms with Gasteiger partial charge in [-0.05, 0) is 19.1 Å². The van der Waals surface area contributed by atoms with Gasteiger partial charge in [0.25, 0.3) is 0 Å². The second kappa shape index (κ2) is 6.29. The van der Waals surface area contributed by atoms with Crippen LogP contribution in [0.1, 0.15) is 5.69 Å². The maximum Gasteiger partial charge on any atom is 0.343 e. The third-order valence-corrected chi connectivity index (χ3v) is 3.57. The summed E-state index contributed by atoms with van der Waals surface area (Å²) in [7, 11) is 1.32. The molecule has 100 valence electrons. The fourth-order valence-corrected chi connectivity index (χ4v) is 2.33. The number of aromatic amines is 1. The van der Waals surface area contributed by atoms with Crippen molar-refractivity contribution in [2.45, 2.75) is 16.7 Å². The Balaban J connectivity index is 2.11. The maximum atomic E-state index is 11.1.